The Bertz CT molecular complexity index is 1070. The maximum absolute atomic E-state index is 13.9. The van der Waals surface area contributed by atoms with Crippen LogP contribution in [0.2, 0.25) is 4.34 Å². The Kier molecular flexibility index (Phi) is 9.07. The third kappa shape index (κ3) is 6.12. The van der Waals surface area contributed by atoms with Crippen molar-refractivity contribution in [3.63, 3.8) is 0 Å². The van der Waals surface area contributed by atoms with Crippen LogP contribution in [0.4, 0.5) is 5.00 Å². The lowest BCUT2D eigenvalue weighted by Gasteiger charge is -2.35. The van der Waals surface area contributed by atoms with E-state index in [-0.39, 0.29) is 29.6 Å². The van der Waals surface area contributed by atoms with E-state index in [2.05, 4.69) is 10.6 Å². The molecule has 8 heteroatoms. The molecular weight excluding hydrogens is 494 g/mol. The molecule has 2 fully saturated rings. The van der Waals surface area contributed by atoms with Crippen LogP contribution < -0.4 is 10.6 Å². The molecule has 1 aromatic carbocycles. The molecular formula is C28H36ClN3O3S. The van der Waals surface area contributed by atoms with Crippen LogP contribution in [0.15, 0.2) is 36.4 Å². The van der Waals surface area contributed by atoms with E-state index in [1.54, 1.807) is 4.90 Å². The van der Waals surface area contributed by atoms with Crippen molar-refractivity contribution in [2.45, 2.75) is 77.3 Å². The quantitative estimate of drug-likeness (QED) is 0.433. The molecule has 36 heavy (non-hydrogen) atoms. The van der Waals surface area contributed by atoms with Crippen molar-refractivity contribution in [1.29, 1.82) is 0 Å². The topological polar surface area (TPSA) is 78.5 Å². The first kappa shape index (κ1) is 26.7. The lowest BCUT2D eigenvalue weighted by atomic mass is 9.83. The van der Waals surface area contributed by atoms with Crippen molar-refractivity contribution in [3.05, 3.63) is 40.7 Å². The number of thiophene rings is 1. The van der Waals surface area contributed by atoms with Crippen molar-refractivity contribution in [2.24, 2.45) is 11.8 Å². The number of benzene rings is 1. The van der Waals surface area contributed by atoms with Gasteiger partial charge in [-0.15, -0.1) is 11.3 Å². The predicted octanol–water partition coefficient (Wildman–Crippen LogP) is 6.11. The summed E-state index contributed by atoms with van der Waals surface area (Å²) in [6.45, 7) is 4.39. The van der Waals surface area contributed by atoms with E-state index in [0.29, 0.717) is 22.3 Å². The number of hydrogen-bond donors (Lipinski definition) is 2. The minimum atomic E-state index is -0.573. The summed E-state index contributed by atoms with van der Waals surface area (Å²) in [6, 6.07) is 10.5. The van der Waals surface area contributed by atoms with E-state index in [9.17, 15) is 14.4 Å². The van der Waals surface area contributed by atoms with Gasteiger partial charge in [-0.1, -0.05) is 75.0 Å². The molecule has 1 saturated heterocycles. The molecule has 1 aliphatic carbocycles. The number of hydrogen-bond acceptors (Lipinski definition) is 4. The molecule has 0 unspecified atom stereocenters. The molecule has 1 aromatic heterocycles. The molecule has 0 radical (unpaired) electrons. The molecule has 3 atom stereocenters. The summed E-state index contributed by atoms with van der Waals surface area (Å²) in [5.41, 5.74) is 1.84. The second-order valence-corrected chi connectivity index (χ2v) is 11.7. The number of amides is 3. The van der Waals surface area contributed by atoms with Gasteiger partial charge in [-0.05, 0) is 49.7 Å². The first-order valence-corrected chi connectivity index (χ1v) is 14.3. The fourth-order valence-electron chi connectivity index (χ4n) is 5.29. The molecule has 4 rings (SSSR count). The van der Waals surface area contributed by atoms with Gasteiger partial charge in [-0.2, -0.15) is 0 Å². The maximum Gasteiger partial charge on any atom is 0.247 e. The van der Waals surface area contributed by atoms with Crippen molar-refractivity contribution in [3.8, 4) is 11.1 Å². The highest BCUT2D eigenvalue weighted by molar-refractivity contribution is 7.20. The Balaban J connectivity index is 1.52. The lowest BCUT2D eigenvalue weighted by molar-refractivity contribution is -0.142. The van der Waals surface area contributed by atoms with E-state index in [4.69, 9.17) is 11.6 Å². The number of rotatable bonds is 8. The molecule has 6 nitrogen and oxygen atoms in total. The zero-order chi connectivity index (χ0) is 25.7. The Morgan fingerprint density at radius 3 is 2.50 bits per heavy atom. The summed E-state index contributed by atoms with van der Waals surface area (Å²) in [6.07, 6.45) is 7.24. The monoisotopic (exact) mass is 529 g/mol. The summed E-state index contributed by atoms with van der Waals surface area (Å²) >= 11 is 7.64. The van der Waals surface area contributed by atoms with E-state index in [1.807, 2.05) is 50.2 Å². The average molecular weight is 530 g/mol. The number of halogens is 1. The maximum atomic E-state index is 13.9. The number of likely N-dealkylation sites (tertiary alicyclic amines) is 1. The summed E-state index contributed by atoms with van der Waals surface area (Å²) < 4.78 is 0.591. The van der Waals surface area contributed by atoms with Gasteiger partial charge in [0.15, 0.2) is 0 Å². The second kappa shape index (κ2) is 12.2. The molecule has 1 saturated carbocycles. The Hall–Kier alpha value is -2.38. The molecule has 0 spiro atoms. The fourth-order valence-corrected chi connectivity index (χ4v) is 6.44. The number of carbonyl (C=O) groups excluding carboxylic acids is 3. The normalized spacial score (nSPS) is 20.1. The van der Waals surface area contributed by atoms with Crippen LogP contribution in [-0.4, -0.2) is 41.2 Å². The first-order valence-electron chi connectivity index (χ1n) is 13.2. The Labute approximate surface area is 222 Å². The second-order valence-electron chi connectivity index (χ2n) is 10.0. The van der Waals surface area contributed by atoms with Crippen molar-refractivity contribution in [2.75, 3.05) is 11.9 Å². The van der Waals surface area contributed by atoms with Gasteiger partial charge in [0, 0.05) is 18.0 Å². The van der Waals surface area contributed by atoms with Crippen LogP contribution in [0.3, 0.4) is 0 Å². The number of nitrogens with one attached hydrogen (secondary N) is 2. The predicted molar refractivity (Wildman–Crippen MR) is 146 cm³/mol. The molecule has 3 amide bonds. The lowest BCUT2D eigenvalue weighted by Crippen LogP contribution is -2.56. The van der Waals surface area contributed by atoms with Gasteiger partial charge in [-0.3, -0.25) is 14.4 Å². The van der Waals surface area contributed by atoms with Crippen LogP contribution in [0.1, 0.15) is 65.2 Å². The average Bonchev–Trinajstić information content (AvgIpc) is 3.54. The van der Waals surface area contributed by atoms with Gasteiger partial charge in [-0.25, -0.2) is 0 Å². The van der Waals surface area contributed by atoms with Gasteiger partial charge >= 0.3 is 0 Å². The highest BCUT2D eigenvalue weighted by atomic mass is 35.5. The molecule has 2 aromatic rings. The highest BCUT2D eigenvalue weighted by Gasteiger charge is 2.41. The zero-order valence-corrected chi connectivity index (χ0v) is 22.7. The van der Waals surface area contributed by atoms with E-state index in [0.717, 1.165) is 49.7 Å². The summed E-state index contributed by atoms with van der Waals surface area (Å²) in [4.78, 5) is 41.8. The number of nitrogens with zero attached hydrogens (tertiary/aromatic N) is 1. The minimum absolute atomic E-state index is 0.0812. The molecule has 2 aliphatic rings. The van der Waals surface area contributed by atoms with E-state index in [1.165, 1.54) is 17.8 Å². The number of anilines is 1. The van der Waals surface area contributed by atoms with Gasteiger partial charge in [0.2, 0.25) is 17.7 Å². The molecule has 2 N–H and O–H groups in total. The SMILES string of the molecule is CC[C@@H](C)C(=O)N[C@H](C(=O)N1CCC[C@H]1C(=O)Nc1sc(Cl)cc1-c1ccccc1)C1CCCCC1. The van der Waals surface area contributed by atoms with Crippen LogP contribution in [0.5, 0.6) is 0 Å². The largest absolute Gasteiger partial charge is 0.344 e. The van der Waals surface area contributed by atoms with Gasteiger partial charge in [0.1, 0.15) is 17.1 Å². The molecule has 0 bridgehead atoms. The van der Waals surface area contributed by atoms with E-state index < -0.39 is 12.1 Å². The number of carbonyl (C=O) groups is 3. The first-order chi connectivity index (χ1) is 17.4. The van der Waals surface area contributed by atoms with Crippen LogP contribution in [0, 0.1) is 11.8 Å². The van der Waals surface area contributed by atoms with Crippen molar-refractivity contribution >= 4 is 45.7 Å². The smallest absolute Gasteiger partial charge is 0.247 e. The third-order valence-corrected chi connectivity index (χ3v) is 8.79. The van der Waals surface area contributed by atoms with Gasteiger partial charge in [0.05, 0.1) is 4.34 Å². The van der Waals surface area contributed by atoms with Crippen LogP contribution >= 0.6 is 22.9 Å². The highest BCUT2D eigenvalue weighted by Crippen LogP contribution is 2.39. The Morgan fingerprint density at radius 2 is 1.81 bits per heavy atom. The standard InChI is InChI=1S/C28H36ClN3O3S/c1-3-18(2)25(33)30-24(20-13-8-5-9-14-20)28(35)32-16-10-15-22(32)26(34)31-27-21(17-23(29)36-27)19-11-6-4-7-12-19/h4,6-7,11-12,17-18,20,22,24H,3,5,8-10,13-16H2,1-2H3,(H,30,33)(H,31,34)/t18-,22+,24+/m1/s1. The van der Waals surface area contributed by atoms with Crippen molar-refractivity contribution < 1.29 is 14.4 Å². The summed E-state index contributed by atoms with van der Waals surface area (Å²) in [5.74, 6) is -0.441. The van der Waals surface area contributed by atoms with Crippen LogP contribution in [-0.2, 0) is 14.4 Å². The Morgan fingerprint density at radius 1 is 1.08 bits per heavy atom. The minimum Gasteiger partial charge on any atom is -0.344 e. The van der Waals surface area contributed by atoms with E-state index >= 15 is 0 Å². The molecule has 2 heterocycles. The third-order valence-electron chi connectivity index (χ3n) is 7.61. The van der Waals surface area contributed by atoms with Gasteiger partial charge in [0.25, 0.3) is 0 Å². The zero-order valence-electron chi connectivity index (χ0n) is 21.1. The van der Waals surface area contributed by atoms with Crippen LogP contribution in [0.25, 0.3) is 11.1 Å². The summed E-state index contributed by atoms with van der Waals surface area (Å²) in [7, 11) is 0. The molecule has 194 valence electrons. The van der Waals surface area contributed by atoms with Crippen molar-refractivity contribution in [1.82, 2.24) is 10.2 Å². The van der Waals surface area contributed by atoms with Gasteiger partial charge < -0.3 is 15.5 Å². The molecule has 1 aliphatic heterocycles. The fraction of sp³-hybridized carbons (Fsp3) is 0.536. The summed E-state index contributed by atoms with van der Waals surface area (Å²) in [5, 5.41) is 6.82.